The van der Waals surface area contributed by atoms with Crippen molar-refractivity contribution in [3.63, 3.8) is 0 Å². The molecule has 29 heavy (non-hydrogen) atoms. The summed E-state index contributed by atoms with van der Waals surface area (Å²) in [5.74, 6) is 0.0313. The predicted octanol–water partition coefficient (Wildman–Crippen LogP) is 3.59. The number of rotatable bonds is 6. The van der Waals surface area contributed by atoms with Crippen molar-refractivity contribution in [1.29, 1.82) is 0 Å². The van der Waals surface area contributed by atoms with Crippen LogP contribution in [0.15, 0.2) is 53.3 Å². The molecular weight excluding hydrogens is 397 g/mol. The Kier molecular flexibility index (Phi) is 6.29. The molecule has 6 nitrogen and oxygen atoms in total. The van der Waals surface area contributed by atoms with Gasteiger partial charge in [0.2, 0.25) is 0 Å². The molecule has 1 amide bonds. The van der Waals surface area contributed by atoms with Crippen molar-refractivity contribution in [2.45, 2.75) is 19.4 Å². The van der Waals surface area contributed by atoms with E-state index in [1.54, 1.807) is 31.2 Å². The second kappa shape index (κ2) is 8.87. The first-order valence-electron chi connectivity index (χ1n) is 8.82. The van der Waals surface area contributed by atoms with Gasteiger partial charge in [-0.2, -0.15) is 0 Å². The van der Waals surface area contributed by atoms with Gasteiger partial charge in [0.05, 0.1) is 24.4 Å². The molecule has 0 spiro atoms. The predicted molar refractivity (Wildman–Crippen MR) is 108 cm³/mol. The summed E-state index contributed by atoms with van der Waals surface area (Å²) >= 11 is 6.03. The number of ether oxygens (including phenoxy) is 1. The molecule has 0 radical (unpaired) electrons. The number of aromatic nitrogens is 2. The molecule has 0 saturated heterocycles. The average molecular weight is 416 g/mol. The molecule has 0 bridgehead atoms. The van der Waals surface area contributed by atoms with Gasteiger partial charge in [-0.15, -0.1) is 0 Å². The lowest BCUT2D eigenvalue weighted by atomic mass is 10.0. The lowest BCUT2D eigenvalue weighted by molar-refractivity contribution is 0.0933. The quantitative estimate of drug-likeness (QED) is 0.644. The van der Waals surface area contributed by atoms with Gasteiger partial charge >= 0.3 is 0 Å². The summed E-state index contributed by atoms with van der Waals surface area (Å²) in [4.78, 5) is 31.6. The number of benzene rings is 2. The molecule has 2 N–H and O–H groups in total. The van der Waals surface area contributed by atoms with Crippen molar-refractivity contribution >= 4 is 17.5 Å². The first-order chi connectivity index (χ1) is 13.9. The third kappa shape index (κ3) is 5.20. The molecule has 0 fully saturated rings. The zero-order valence-electron chi connectivity index (χ0n) is 15.8. The molecular formula is C21H19ClFN3O3. The first kappa shape index (κ1) is 20.5. The third-order valence-electron chi connectivity index (χ3n) is 4.31. The average Bonchev–Trinajstić information content (AvgIpc) is 2.67. The molecule has 8 heteroatoms. The van der Waals surface area contributed by atoms with Gasteiger partial charge in [0.15, 0.2) is 0 Å². The number of methoxy groups -OCH3 is 1. The molecule has 1 aromatic heterocycles. The molecule has 0 aliphatic carbocycles. The van der Waals surface area contributed by atoms with Crippen LogP contribution in [0.2, 0.25) is 5.02 Å². The Hall–Kier alpha value is -3.19. The van der Waals surface area contributed by atoms with Gasteiger partial charge in [0.1, 0.15) is 17.4 Å². The summed E-state index contributed by atoms with van der Waals surface area (Å²) in [6.45, 7) is 1.67. The van der Waals surface area contributed by atoms with Gasteiger partial charge in [-0.25, -0.2) is 9.37 Å². The summed E-state index contributed by atoms with van der Waals surface area (Å²) in [7, 11) is 1.46. The minimum absolute atomic E-state index is 0.241. The normalized spacial score (nSPS) is 11.7. The fourth-order valence-corrected chi connectivity index (χ4v) is 3.17. The molecule has 0 aliphatic heterocycles. The van der Waals surface area contributed by atoms with Crippen LogP contribution >= 0.6 is 11.6 Å². The number of nitrogens with zero attached hydrogens (tertiary/aromatic N) is 1. The van der Waals surface area contributed by atoms with Gasteiger partial charge in [-0.3, -0.25) is 9.59 Å². The van der Waals surface area contributed by atoms with E-state index < -0.39 is 11.9 Å². The van der Waals surface area contributed by atoms with Crippen LogP contribution in [0.5, 0.6) is 5.75 Å². The highest BCUT2D eigenvalue weighted by Gasteiger charge is 2.20. The smallest absolute Gasteiger partial charge is 0.255 e. The van der Waals surface area contributed by atoms with Gasteiger partial charge < -0.3 is 15.0 Å². The molecule has 1 atom stereocenters. The zero-order valence-corrected chi connectivity index (χ0v) is 16.6. The molecule has 3 aromatic rings. The highest BCUT2D eigenvalue weighted by Crippen LogP contribution is 2.25. The van der Waals surface area contributed by atoms with Gasteiger partial charge in [-0.1, -0.05) is 23.7 Å². The van der Waals surface area contributed by atoms with E-state index in [0.29, 0.717) is 27.9 Å². The van der Waals surface area contributed by atoms with Crippen molar-refractivity contribution in [2.75, 3.05) is 7.11 Å². The Morgan fingerprint density at radius 3 is 2.62 bits per heavy atom. The lowest BCUT2D eigenvalue weighted by Gasteiger charge is -2.20. The van der Waals surface area contributed by atoms with Crippen LogP contribution in [0.1, 0.15) is 33.5 Å². The highest BCUT2D eigenvalue weighted by molar-refractivity contribution is 6.31. The highest BCUT2D eigenvalue weighted by atomic mass is 35.5. The summed E-state index contributed by atoms with van der Waals surface area (Å²) < 4.78 is 18.6. The second-order valence-electron chi connectivity index (χ2n) is 6.45. The summed E-state index contributed by atoms with van der Waals surface area (Å²) in [5, 5.41) is 3.30. The van der Waals surface area contributed by atoms with Crippen LogP contribution in [0, 0.1) is 12.7 Å². The molecule has 150 valence electrons. The Bertz CT molecular complexity index is 1080. The largest absolute Gasteiger partial charge is 0.496 e. The first-order valence-corrected chi connectivity index (χ1v) is 9.20. The summed E-state index contributed by atoms with van der Waals surface area (Å²) in [5.41, 5.74) is 1.15. The molecule has 0 aliphatic rings. The van der Waals surface area contributed by atoms with E-state index in [4.69, 9.17) is 16.3 Å². The van der Waals surface area contributed by atoms with Crippen molar-refractivity contribution < 1.29 is 13.9 Å². The van der Waals surface area contributed by atoms with E-state index in [9.17, 15) is 14.0 Å². The monoisotopic (exact) mass is 415 g/mol. The minimum Gasteiger partial charge on any atom is -0.496 e. The van der Waals surface area contributed by atoms with E-state index in [0.717, 1.165) is 0 Å². The number of H-pyrrole nitrogens is 1. The fraction of sp³-hybridized carbons (Fsp3) is 0.190. The number of aryl methyl sites for hydroxylation is 1. The number of carbonyl (C=O) groups is 1. The Morgan fingerprint density at radius 2 is 1.97 bits per heavy atom. The van der Waals surface area contributed by atoms with Crippen LogP contribution in [-0.2, 0) is 6.42 Å². The van der Waals surface area contributed by atoms with Gasteiger partial charge in [0, 0.05) is 17.5 Å². The number of carbonyl (C=O) groups excluding carboxylic acids is 1. The van der Waals surface area contributed by atoms with Crippen LogP contribution in [-0.4, -0.2) is 23.0 Å². The maximum atomic E-state index is 13.4. The molecule has 1 unspecified atom stereocenters. The topological polar surface area (TPSA) is 84.1 Å². The SMILES string of the molecule is COc1ccc(Cl)cc1C(=O)NC(Cc1cc(=O)[nH]c(C)n1)c1ccc(F)cc1. The standard InChI is InChI=1S/C21H19ClFN3O3/c1-12-24-16(11-20(27)25-12)10-18(13-3-6-15(23)7-4-13)26-21(28)17-9-14(22)5-8-19(17)29-2/h3-9,11,18H,10H2,1-2H3,(H,26,28)(H,24,25,27). The van der Waals surface area contributed by atoms with Gasteiger partial charge in [0.25, 0.3) is 11.5 Å². The third-order valence-corrected chi connectivity index (χ3v) is 4.55. The fourth-order valence-electron chi connectivity index (χ4n) is 3.00. The number of amides is 1. The van der Waals surface area contributed by atoms with Crippen molar-refractivity contribution in [1.82, 2.24) is 15.3 Å². The number of nitrogens with one attached hydrogen (secondary N) is 2. The van der Waals surface area contributed by atoms with Crippen LogP contribution in [0.3, 0.4) is 0 Å². The van der Waals surface area contributed by atoms with Crippen LogP contribution in [0.4, 0.5) is 4.39 Å². The number of hydrogen-bond donors (Lipinski definition) is 2. The molecule has 0 saturated carbocycles. The minimum atomic E-state index is -0.555. The van der Waals surface area contributed by atoms with E-state index in [1.165, 1.54) is 31.4 Å². The lowest BCUT2D eigenvalue weighted by Crippen LogP contribution is -2.31. The van der Waals surface area contributed by atoms with E-state index >= 15 is 0 Å². The second-order valence-corrected chi connectivity index (χ2v) is 6.88. The van der Waals surface area contributed by atoms with E-state index in [-0.39, 0.29) is 23.4 Å². The van der Waals surface area contributed by atoms with Crippen LogP contribution in [0.25, 0.3) is 0 Å². The Labute approximate surface area is 171 Å². The molecule has 1 heterocycles. The summed E-state index contributed by atoms with van der Waals surface area (Å²) in [6, 6.07) is 11.3. The molecule has 3 rings (SSSR count). The van der Waals surface area contributed by atoms with Crippen LogP contribution < -0.4 is 15.6 Å². The maximum Gasteiger partial charge on any atom is 0.255 e. The van der Waals surface area contributed by atoms with Crippen molar-refractivity contribution in [2.24, 2.45) is 0 Å². The number of halogens is 2. The van der Waals surface area contributed by atoms with Crippen molar-refractivity contribution in [3.8, 4) is 5.75 Å². The molecule has 2 aromatic carbocycles. The number of hydrogen-bond acceptors (Lipinski definition) is 4. The zero-order chi connectivity index (χ0) is 21.0. The van der Waals surface area contributed by atoms with Crippen molar-refractivity contribution in [3.05, 3.63) is 92.4 Å². The maximum absolute atomic E-state index is 13.4. The van der Waals surface area contributed by atoms with Gasteiger partial charge in [-0.05, 0) is 42.8 Å². The summed E-state index contributed by atoms with van der Waals surface area (Å²) in [6.07, 6.45) is 0.241. The number of aromatic amines is 1. The van der Waals surface area contributed by atoms with E-state index in [1.807, 2.05) is 0 Å². The Balaban J connectivity index is 1.94. The Morgan fingerprint density at radius 1 is 1.24 bits per heavy atom. The van der Waals surface area contributed by atoms with E-state index in [2.05, 4.69) is 15.3 Å².